The number of thiazole rings is 1. The molecular weight excluding hydrogens is 154 g/mol. The summed E-state index contributed by atoms with van der Waals surface area (Å²) in [5, 5.41) is 1.18. The monoisotopic (exact) mass is 171 g/mol. The molecule has 0 radical (unpaired) electrons. The predicted octanol–water partition coefficient (Wildman–Crippen LogP) is 3.52. The summed E-state index contributed by atoms with van der Waals surface area (Å²) in [4.78, 5) is 5.80. The molecule has 11 heavy (non-hydrogen) atoms. The Morgan fingerprint density at radius 1 is 1.27 bits per heavy atom. The summed E-state index contributed by atoms with van der Waals surface area (Å²) in [7, 11) is 0. The number of aromatic nitrogens is 1. The number of hydrogen-bond donors (Lipinski definition) is 0. The van der Waals surface area contributed by atoms with Crippen molar-refractivity contribution in [1.29, 1.82) is 0 Å². The fraction of sp³-hybridized carbons (Fsp3) is 0.667. The summed E-state index contributed by atoms with van der Waals surface area (Å²) in [6.07, 6.45) is 0. The zero-order valence-corrected chi connectivity index (χ0v) is 7.75. The van der Waals surface area contributed by atoms with Crippen LogP contribution in [0.1, 0.15) is 42.8 Å². The highest BCUT2D eigenvalue weighted by atomic mass is 32.1. The van der Waals surface area contributed by atoms with E-state index in [0.29, 0.717) is 5.92 Å². The van der Waals surface area contributed by atoms with E-state index in [1.165, 1.54) is 15.6 Å². The first-order valence-electron chi connectivity index (χ1n) is 3.55. The van der Waals surface area contributed by atoms with Gasteiger partial charge in [-0.2, -0.15) is 0 Å². The molecular formula is C9H17NS. The van der Waals surface area contributed by atoms with Crippen LogP contribution in [0.25, 0.3) is 0 Å². The fourth-order valence-corrected chi connectivity index (χ4v) is 2.05. The van der Waals surface area contributed by atoms with Crippen LogP contribution in [-0.2, 0) is 0 Å². The molecule has 0 atom stereocenters. The van der Waals surface area contributed by atoms with E-state index in [9.17, 15) is 0 Å². The first kappa shape index (κ1) is 10.6. The second kappa shape index (κ2) is 3.86. The quantitative estimate of drug-likeness (QED) is 0.630. The molecule has 0 amide bonds. The van der Waals surface area contributed by atoms with E-state index in [-0.39, 0.29) is 7.43 Å². The third kappa shape index (κ3) is 2.29. The van der Waals surface area contributed by atoms with Gasteiger partial charge < -0.3 is 0 Å². The van der Waals surface area contributed by atoms with Gasteiger partial charge in [-0.3, -0.25) is 0 Å². The maximum absolute atomic E-state index is 4.43. The zero-order valence-electron chi connectivity index (χ0n) is 6.93. The molecule has 0 aliphatic rings. The second-order valence-corrected chi connectivity index (χ2v) is 4.24. The van der Waals surface area contributed by atoms with Gasteiger partial charge >= 0.3 is 0 Å². The Kier molecular flexibility index (Phi) is 3.73. The van der Waals surface area contributed by atoms with Crippen LogP contribution in [0, 0.1) is 13.8 Å². The molecule has 0 bridgehead atoms. The molecule has 0 unspecified atom stereocenters. The Labute approximate surface area is 73.5 Å². The minimum atomic E-state index is 0. The summed E-state index contributed by atoms with van der Waals surface area (Å²) in [6.45, 7) is 8.56. The molecule has 0 saturated carbocycles. The lowest BCUT2D eigenvalue weighted by Gasteiger charge is -1.99. The number of hydrogen-bond acceptors (Lipinski definition) is 2. The van der Waals surface area contributed by atoms with Crippen molar-refractivity contribution in [1.82, 2.24) is 4.98 Å². The minimum absolute atomic E-state index is 0. The maximum Gasteiger partial charge on any atom is 0.0900 e. The number of aryl methyl sites for hydroxylation is 2. The topological polar surface area (TPSA) is 12.9 Å². The lowest BCUT2D eigenvalue weighted by molar-refractivity contribution is 0.820. The highest BCUT2D eigenvalue weighted by Gasteiger charge is 2.07. The summed E-state index contributed by atoms with van der Waals surface area (Å²) < 4.78 is 0. The van der Waals surface area contributed by atoms with Crippen LogP contribution in [0.4, 0.5) is 0 Å². The molecule has 0 aliphatic heterocycles. The lowest BCUT2D eigenvalue weighted by atomic mass is 10.1. The molecule has 0 aromatic carbocycles. The third-order valence-corrected chi connectivity index (χ3v) is 2.39. The molecule has 0 N–H and O–H groups in total. The van der Waals surface area contributed by atoms with Crippen LogP contribution < -0.4 is 0 Å². The molecule has 1 aromatic rings. The van der Waals surface area contributed by atoms with E-state index in [1.54, 1.807) is 11.3 Å². The number of nitrogens with zero attached hydrogens (tertiary/aromatic N) is 1. The molecule has 1 heterocycles. The second-order valence-electron chi connectivity index (χ2n) is 2.83. The van der Waals surface area contributed by atoms with Crippen LogP contribution in [0.15, 0.2) is 0 Å². The molecule has 1 nitrogen and oxygen atoms in total. The molecule has 1 rings (SSSR count). The SMILES string of the molecule is C.Cc1nc(C(C)C)c(C)s1. The van der Waals surface area contributed by atoms with Gasteiger partial charge in [0.1, 0.15) is 0 Å². The van der Waals surface area contributed by atoms with Gasteiger partial charge in [0, 0.05) is 4.88 Å². The van der Waals surface area contributed by atoms with Crippen molar-refractivity contribution in [2.75, 3.05) is 0 Å². The van der Waals surface area contributed by atoms with Crippen LogP contribution in [0.3, 0.4) is 0 Å². The van der Waals surface area contributed by atoms with Gasteiger partial charge in [0.15, 0.2) is 0 Å². The van der Waals surface area contributed by atoms with Crippen molar-refractivity contribution in [2.45, 2.75) is 41.0 Å². The van der Waals surface area contributed by atoms with Gasteiger partial charge in [-0.1, -0.05) is 21.3 Å². The summed E-state index contributed by atoms with van der Waals surface area (Å²) in [5.74, 6) is 0.574. The van der Waals surface area contributed by atoms with Crippen LogP contribution >= 0.6 is 11.3 Å². The highest BCUT2D eigenvalue weighted by molar-refractivity contribution is 7.11. The Morgan fingerprint density at radius 3 is 2.00 bits per heavy atom. The van der Waals surface area contributed by atoms with Gasteiger partial charge in [0.2, 0.25) is 0 Å². The Bertz CT molecular complexity index is 225. The summed E-state index contributed by atoms with van der Waals surface area (Å²) in [5.41, 5.74) is 1.27. The van der Waals surface area contributed by atoms with Gasteiger partial charge in [0.05, 0.1) is 10.7 Å². The average molecular weight is 171 g/mol. The molecule has 0 aliphatic carbocycles. The van der Waals surface area contributed by atoms with E-state index in [0.717, 1.165) is 0 Å². The summed E-state index contributed by atoms with van der Waals surface area (Å²) in [6, 6.07) is 0. The van der Waals surface area contributed by atoms with Crippen molar-refractivity contribution < 1.29 is 0 Å². The van der Waals surface area contributed by atoms with Crippen LogP contribution in [0.5, 0.6) is 0 Å². The Hall–Kier alpha value is -0.370. The number of rotatable bonds is 1. The largest absolute Gasteiger partial charge is 0.246 e. The molecule has 1 aromatic heterocycles. The van der Waals surface area contributed by atoms with Crippen molar-refractivity contribution in [3.05, 3.63) is 15.6 Å². The van der Waals surface area contributed by atoms with Gasteiger partial charge in [-0.15, -0.1) is 11.3 Å². The van der Waals surface area contributed by atoms with Crippen LogP contribution in [-0.4, -0.2) is 4.98 Å². The molecule has 0 spiro atoms. The van der Waals surface area contributed by atoms with E-state index in [1.807, 2.05) is 0 Å². The Morgan fingerprint density at radius 2 is 1.82 bits per heavy atom. The zero-order chi connectivity index (χ0) is 7.72. The predicted molar refractivity (Wildman–Crippen MR) is 52.4 cm³/mol. The van der Waals surface area contributed by atoms with E-state index >= 15 is 0 Å². The van der Waals surface area contributed by atoms with Crippen LogP contribution in [0.2, 0.25) is 0 Å². The van der Waals surface area contributed by atoms with Crippen molar-refractivity contribution in [2.24, 2.45) is 0 Å². The first-order valence-corrected chi connectivity index (χ1v) is 4.37. The average Bonchev–Trinajstić information content (AvgIpc) is 2.10. The third-order valence-electron chi connectivity index (χ3n) is 1.49. The van der Waals surface area contributed by atoms with E-state index in [2.05, 4.69) is 32.7 Å². The molecule has 0 saturated heterocycles. The fourth-order valence-electron chi connectivity index (χ4n) is 1.08. The smallest absolute Gasteiger partial charge is 0.0900 e. The van der Waals surface area contributed by atoms with Gasteiger partial charge in [-0.25, -0.2) is 4.98 Å². The standard InChI is InChI=1S/C8H13NS.CH4/c1-5(2)8-6(3)10-7(4)9-8;/h5H,1-4H3;1H4. The Balaban J connectivity index is 0.000001000. The highest BCUT2D eigenvalue weighted by Crippen LogP contribution is 2.22. The molecule has 0 fully saturated rings. The molecule has 2 heteroatoms. The van der Waals surface area contributed by atoms with Crippen molar-refractivity contribution in [3.8, 4) is 0 Å². The lowest BCUT2D eigenvalue weighted by Crippen LogP contribution is -1.89. The minimum Gasteiger partial charge on any atom is -0.246 e. The normalized spacial score (nSPS) is 9.91. The maximum atomic E-state index is 4.43. The van der Waals surface area contributed by atoms with Gasteiger partial charge in [-0.05, 0) is 19.8 Å². The summed E-state index contributed by atoms with van der Waals surface area (Å²) >= 11 is 1.79. The van der Waals surface area contributed by atoms with Crippen molar-refractivity contribution >= 4 is 11.3 Å². The molecule has 64 valence electrons. The first-order chi connectivity index (χ1) is 4.61. The van der Waals surface area contributed by atoms with E-state index < -0.39 is 0 Å². The van der Waals surface area contributed by atoms with Crippen molar-refractivity contribution in [3.63, 3.8) is 0 Å². The van der Waals surface area contributed by atoms with E-state index in [4.69, 9.17) is 0 Å². The van der Waals surface area contributed by atoms with Gasteiger partial charge in [0.25, 0.3) is 0 Å².